The van der Waals surface area contributed by atoms with Crippen LogP contribution in [0.15, 0.2) is 18.3 Å². The van der Waals surface area contributed by atoms with Crippen molar-refractivity contribution in [3.05, 3.63) is 24.0 Å². The number of nitrogens with two attached hydrogens (primary N) is 1. The van der Waals surface area contributed by atoms with Crippen LogP contribution in [-0.4, -0.2) is 17.1 Å². The van der Waals surface area contributed by atoms with E-state index in [2.05, 4.69) is 10.3 Å². The summed E-state index contributed by atoms with van der Waals surface area (Å²) < 4.78 is 36.8. The molecular formula is C11H14F3N3. The molecule has 0 aromatic carbocycles. The molecule has 1 aliphatic carbocycles. The Bertz CT molecular complexity index is 375. The molecule has 1 aliphatic rings. The SMILES string of the molecule is NC1CCC(Nc2ccc(C(F)(F)F)nc2)C1. The number of hydrogen-bond acceptors (Lipinski definition) is 3. The first-order valence-electron chi connectivity index (χ1n) is 5.50. The number of pyridine rings is 1. The van der Waals surface area contributed by atoms with Crippen LogP contribution in [0.2, 0.25) is 0 Å². The van der Waals surface area contributed by atoms with E-state index in [0.29, 0.717) is 5.69 Å². The average molecular weight is 245 g/mol. The van der Waals surface area contributed by atoms with Gasteiger partial charge in [-0.15, -0.1) is 0 Å². The Morgan fingerprint density at radius 2 is 2.06 bits per heavy atom. The van der Waals surface area contributed by atoms with Crippen LogP contribution in [0.4, 0.5) is 18.9 Å². The van der Waals surface area contributed by atoms with Crippen LogP contribution in [0.5, 0.6) is 0 Å². The first-order chi connectivity index (χ1) is 7.95. The van der Waals surface area contributed by atoms with E-state index in [0.717, 1.165) is 25.3 Å². The zero-order chi connectivity index (χ0) is 12.5. The van der Waals surface area contributed by atoms with Crippen molar-refractivity contribution in [3.63, 3.8) is 0 Å². The molecule has 3 N–H and O–H groups in total. The zero-order valence-electron chi connectivity index (χ0n) is 9.17. The quantitative estimate of drug-likeness (QED) is 0.841. The first-order valence-corrected chi connectivity index (χ1v) is 5.50. The van der Waals surface area contributed by atoms with E-state index in [-0.39, 0.29) is 12.1 Å². The molecule has 2 atom stereocenters. The van der Waals surface area contributed by atoms with E-state index in [1.165, 1.54) is 12.3 Å². The Hall–Kier alpha value is -1.30. The first kappa shape index (κ1) is 12.2. The Kier molecular flexibility index (Phi) is 3.24. The molecule has 94 valence electrons. The molecule has 0 spiro atoms. The zero-order valence-corrected chi connectivity index (χ0v) is 9.17. The van der Waals surface area contributed by atoms with Gasteiger partial charge < -0.3 is 11.1 Å². The molecule has 1 aromatic heterocycles. The van der Waals surface area contributed by atoms with E-state index in [9.17, 15) is 13.2 Å². The van der Waals surface area contributed by atoms with Gasteiger partial charge in [-0.2, -0.15) is 13.2 Å². The number of hydrogen-bond donors (Lipinski definition) is 2. The summed E-state index contributed by atoms with van der Waals surface area (Å²) in [6.45, 7) is 0. The van der Waals surface area contributed by atoms with E-state index >= 15 is 0 Å². The van der Waals surface area contributed by atoms with Gasteiger partial charge in [-0.3, -0.25) is 0 Å². The lowest BCUT2D eigenvalue weighted by atomic mass is 10.2. The lowest BCUT2D eigenvalue weighted by Crippen LogP contribution is -2.21. The molecule has 0 amide bonds. The minimum absolute atomic E-state index is 0.190. The van der Waals surface area contributed by atoms with Gasteiger partial charge in [0.15, 0.2) is 0 Å². The van der Waals surface area contributed by atoms with Gasteiger partial charge in [0.1, 0.15) is 5.69 Å². The molecule has 1 fully saturated rings. The lowest BCUT2D eigenvalue weighted by Gasteiger charge is -2.14. The summed E-state index contributed by atoms with van der Waals surface area (Å²) in [6, 6.07) is 2.81. The van der Waals surface area contributed by atoms with Crippen molar-refractivity contribution in [2.45, 2.75) is 37.5 Å². The maximum Gasteiger partial charge on any atom is 0.433 e. The molecule has 0 saturated heterocycles. The second-order valence-corrected chi connectivity index (χ2v) is 4.34. The minimum atomic E-state index is -4.38. The molecule has 0 bridgehead atoms. The maximum atomic E-state index is 12.3. The molecule has 1 saturated carbocycles. The van der Waals surface area contributed by atoms with E-state index in [1.807, 2.05) is 0 Å². The third kappa shape index (κ3) is 3.09. The molecule has 0 aliphatic heterocycles. The summed E-state index contributed by atoms with van der Waals surface area (Å²) in [5, 5.41) is 3.14. The molecule has 2 unspecified atom stereocenters. The van der Waals surface area contributed by atoms with Crippen molar-refractivity contribution < 1.29 is 13.2 Å². The molecule has 3 nitrogen and oxygen atoms in total. The predicted molar refractivity (Wildman–Crippen MR) is 58.5 cm³/mol. The van der Waals surface area contributed by atoms with Crippen LogP contribution in [0.3, 0.4) is 0 Å². The Labute approximate surface area is 97.2 Å². The Morgan fingerprint density at radius 1 is 1.29 bits per heavy atom. The van der Waals surface area contributed by atoms with Crippen molar-refractivity contribution in [2.24, 2.45) is 5.73 Å². The second-order valence-electron chi connectivity index (χ2n) is 4.34. The van der Waals surface area contributed by atoms with Crippen LogP contribution in [-0.2, 0) is 6.18 Å². The highest BCUT2D eigenvalue weighted by Crippen LogP contribution is 2.28. The minimum Gasteiger partial charge on any atom is -0.381 e. The highest BCUT2D eigenvalue weighted by molar-refractivity contribution is 5.42. The standard InChI is InChI=1S/C11H14F3N3/c12-11(13,14)10-4-3-9(6-16-10)17-8-2-1-7(15)5-8/h3-4,6-8,17H,1-2,5,15H2. The maximum absolute atomic E-state index is 12.3. The summed E-state index contributed by atoms with van der Waals surface area (Å²) in [4.78, 5) is 3.39. The molecular weight excluding hydrogens is 231 g/mol. The highest BCUT2D eigenvalue weighted by Gasteiger charge is 2.32. The molecule has 6 heteroatoms. The number of anilines is 1. The fourth-order valence-corrected chi connectivity index (χ4v) is 2.03. The fourth-order valence-electron chi connectivity index (χ4n) is 2.03. The van der Waals surface area contributed by atoms with Crippen molar-refractivity contribution in [1.29, 1.82) is 0 Å². The number of alkyl halides is 3. The summed E-state index contributed by atoms with van der Waals surface area (Å²) in [5.74, 6) is 0. The lowest BCUT2D eigenvalue weighted by molar-refractivity contribution is -0.141. The van der Waals surface area contributed by atoms with Gasteiger partial charge in [-0.1, -0.05) is 0 Å². The number of nitrogens with one attached hydrogen (secondary N) is 1. The monoisotopic (exact) mass is 245 g/mol. The Balaban J connectivity index is 1.99. The van der Waals surface area contributed by atoms with Gasteiger partial charge in [-0.05, 0) is 31.4 Å². The van der Waals surface area contributed by atoms with Crippen LogP contribution in [0.25, 0.3) is 0 Å². The van der Waals surface area contributed by atoms with Gasteiger partial charge in [0.2, 0.25) is 0 Å². The molecule has 1 aromatic rings. The van der Waals surface area contributed by atoms with Gasteiger partial charge in [0.05, 0.1) is 11.9 Å². The van der Waals surface area contributed by atoms with Crippen molar-refractivity contribution in [1.82, 2.24) is 4.98 Å². The highest BCUT2D eigenvalue weighted by atomic mass is 19.4. The predicted octanol–water partition coefficient (Wildman–Crippen LogP) is 2.39. The Morgan fingerprint density at radius 3 is 2.53 bits per heavy atom. The molecule has 17 heavy (non-hydrogen) atoms. The normalized spacial score (nSPS) is 24.9. The summed E-state index contributed by atoms with van der Waals surface area (Å²) in [6.07, 6.45) is -0.421. The van der Waals surface area contributed by atoms with Crippen molar-refractivity contribution in [2.75, 3.05) is 5.32 Å². The number of halogens is 3. The molecule has 0 radical (unpaired) electrons. The topological polar surface area (TPSA) is 50.9 Å². The summed E-state index contributed by atoms with van der Waals surface area (Å²) in [5.41, 5.74) is 5.49. The van der Waals surface area contributed by atoms with Gasteiger partial charge in [0, 0.05) is 12.1 Å². The van der Waals surface area contributed by atoms with Gasteiger partial charge >= 0.3 is 6.18 Å². The second kappa shape index (κ2) is 4.52. The van der Waals surface area contributed by atoms with E-state index < -0.39 is 11.9 Å². The van der Waals surface area contributed by atoms with Crippen molar-refractivity contribution in [3.8, 4) is 0 Å². The summed E-state index contributed by atoms with van der Waals surface area (Å²) in [7, 11) is 0. The van der Waals surface area contributed by atoms with Gasteiger partial charge in [0.25, 0.3) is 0 Å². The number of nitrogens with zero attached hydrogens (tertiary/aromatic N) is 1. The largest absolute Gasteiger partial charge is 0.433 e. The van der Waals surface area contributed by atoms with Crippen molar-refractivity contribution >= 4 is 5.69 Å². The van der Waals surface area contributed by atoms with E-state index in [1.54, 1.807) is 0 Å². The van der Waals surface area contributed by atoms with E-state index in [4.69, 9.17) is 5.73 Å². The smallest absolute Gasteiger partial charge is 0.381 e. The van der Waals surface area contributed by atoms with Crippen LogP contribution < -0.4 is 11.1 Å². The molecule has 1 heterocycles. The van der Waals surface area contributed by atoms with Crippen LogP contribution in [0, 0.1) is 0 Å². The summed E-state index contributed by atoms with van der Waals surface area (Å²) >= 11 is 0. The van der Waals surface area contributed by atoms with Gasteiger partial charge in [-0.25, -0.2) is 4.98 Å². The number of aromatic nitrogens is 1. The average Bonchev–Trinajstić information content (AvgIpc) is 2.63. The number of rotatable bonds is 2. The molecule has 2 rings (SSSR count). The fraction of sp³-hybridized carbons (Fsp3) is 0.545. The third-order valence-corrected chi connectivity index (χ3v) is 2.90. The third-order valence-electron chi connectivity index (χ3n) is 2.90. The van der Waals surface area contributed by atoms with Crippen LogP contribution in [0.1, 0.15) is 25.0 Å². The van der Waals surface area contributed by atoms with Crippen LogP contribution >= 0.6 is 0 Å².